The lowest BCUT2D eigenvalue weighted by atomic mass is 10.4. The van der Waals surface area contributed by atoms with Gasteiger partial charge in [-0.15, -0.1) is 0 Å². The Bertz CT molecular complexity index is 360. The van der Waals surface area contributed by atoms with Gasteiger partial charge in [0.25, 0.3) is 0 Å². The molecule has 0 radical (unpaired) electrons. The summed E-state index contributed by atoms with van der Waals surface area (Å²) in [6, 6.07) is 1.08. The van der Waals surface area contributed by atoms with E-state index in [9.17, 15) is 18.0 Å². The van der Waals surface area contributed by atoms with Crippen molar-refractivity contribution in [1.29, 1.82) is 0 Å². The number of carboxylic acid groups (broad SMARTS) is 1. The average molecular weight is 320 g/mol. The Labute approximate surface area is 89.8 Å². The van der Waals surface area contributed by atoms with E-state index in [4.69, 9.17) is 5.11 Å². The van der Waals surface area contributed by atoms with E-state index in [0.717, 1.165) is 6.07 Å². The molecule has 0 aromatic carbocycles. The highest BCUT2D eigenvalue weighted by atomic mass is 127. The molecule has 0 bridgehead atoms. The maximum Gasteiger partial charge on any atom is 0.408 e. The van der Waals surface area contributed by atoms with Crippen LogP contribution in [0.5, 0.6) is 0 Å². The highest BCUT2D eigenvalue weighted by molar-refractivity contribution is 14.1. The van der Waals surface area contributed by atoms with E-state index < -0.39 is 24.4 Å². The molecule has 0 fully saturated rings. The number of rotatable bonds is 2. The molecule has 1 rings (SSSR count). The first-order valence-electron chi connectivity index (χ1n) is 3.33. The van der Waals surface area contributed by atoms with Gasteiger partial charge in [-0.25, -0.2) is 9.48 Å². The number of alkyl halides is 3. The normalized spacial score (nSPS) is 11.7. The van der Waals surface area contributed by atoms with Crippen molar-refractivity contribution in [2.45, 2.75) is 12.7 Å². The Morgan fingerprint density at radius 3 is 2.64 bits per heavy atom. The van der Waals surface area contributed by atoms with Crippen LogP contribution >= 0.6 is 22.6 Å². The lowest BCUT2D eigenvalue weighted by Crippen LogP contribution is -2.22. The fourth-order valence-corrected chi connectivity index (χ4v) is 1.40. The summed E-state index contributed by atoms with van der Waals surface area (Å²) in [6.45, 7) is -1.39. The fraction of sp³-hybridized carbons (Fsp3) is 0.333. The maximum atomic E-state index is 11.9. The highest BCUT2D eigenvalue weighted by Gasteiger charge is 2.30. The van der Waals surface area contributed by atoms with E-state index in [1.807, 2.05) is 0 Å². The Hall–Kier alpha value is -0.800. The van der Waals surface area contributed by atoms with Gasteiger partial charge in [-0.2, -0.15) is 18.3 Å². The molecule has 0 aliphatic rings. The van der Waals surface area contributed by atoms with Crippen molar-refractivity contribution in [2.24, 2.45) is 0 Å². The first kappa shape index (κ1) is 11.3. The third kappa shape index (κ3) is 2.86. The van der Waals surface area contributed by atoms with Crippen molar-refractivity contribution in [3.8, 4) is 0 Å². The molecule has 0 amide bonds. The van der Waals surface area contributed by atoms with Gasteiger partial charge in [-0.3, -0.25) is 0 Å². The third-order valence-electron chi connectivity index (χ3n) is 1.30. The Balaban J connectivity index is 3.02. The van der Waals surface area contributed by atoms with Gasteiger partial charge in [0.2, 0.25) is 0 Å². The summed E-state index contributed by atoms with van der Waals surface area (Å²) in [5, 5.41) is 12.0. The van der Waals surface area contributed by atoms with Gasteiger partial charge in [0, 0.05) is 6.07 Å². The molecule has 0 saturated carbocycles. The largest absolute Gasteiger partial charge is 0.477 e. The molecule has 0 aliphatic heterocycles. The van der Waals surface area contributed by atoms with Gasteiger partial charge in [0.05, 0.1) is 0 Å². The van der Waals surface area contributed by atoms with Crippen LogP contribution in [0.15, 0.2) is 6.07 Å². The van der Waals surface area contributed by atoms with Gasteiger partial charge in [-0.05, 0) is 22.6 Å². The monoisotopic (exact) mass is 320 g/mol. The van der Waals surface area contributed by atoms with Gasteiger partial charge in [0.1, 0.15) is 15.9 Å². The average Bonchev–Trinajstić information content (AvgIpc) is 2.27. The highest BCUT2D eigenvalue weighted by Crippen LogP contribution is 2.19. The molecule has 14 heavy (non-hydrogen) atoms. The lowest BCUT2D eigenvalue weighted by Gasteiger charge is -2.07. The molecule has 4 nitrogen and oxygen atoms in total. The maximum absolute atomic E-state index is 11.9. The van der Waals surface area contributed by atoms with Crippen LogP contribution < -0.4 is 0 Å². The van der Waals surface area contributed by atoms with Crippen molar-refractivity contribution >= 4 is 28.6 Å². The van der Waals surface area contributed by atoms with Crippen LogP contribution in [-0.2, 0) is 6.54 Å². The number of hydrogen-bond donors (Lipinski definition) is 1. The second kappa shape index (κ2) is 3.75. The van der Waals surface area contributed by atoms with E-state index in [1.54, 1.807) is 22.6 Å². The summed E-state index contributed by atoms with van der Waals surface area (Å²) in [7, 11) is 0. The molecule has 0 aliphatic carbocycles. The molecule has 0 atom stereocenters. The first-order valence-corrected chi connectivity index (χ1v) is 4.41. The van der Waals surface area contributed by atoms with Gasteiger partial charge < -0.3 is 5.11 Å². The minimum Gasteiger partial charge on any atom is -0.477 e. The predicted octanol–water partition coefficient (Wildman–Crippen LogP) is 1.75. The zero-order valence-corrected chi connectivity index (χ0v) is 8.70. The van der Waals surface area contributed by atoms with Crippen LogP contribution in [0.25, 0.3) is 0 Å². The zero-order valence-electron chi connectivity index (χ0n) is 6.55. The number of carboxylic acids is 1. The minimum absolute atomic E-state index is 0.212. The summed E-state index contributed by atoms with van der Waals surface area (Å²) in [5.41, 5.74) is -0.466. The number of halogens is 4. The van der Waals surface area contributed by atoms with E-state index in [0.29, 0.717) is 4.68 Å². The van der Waals surface area contributed by atoms with Crippen LogP contribution in [0, 0.1) is 3.70 Å². The van der Waals surface area contributed by atoms with Crippen LogP contribution in [0.2, 0.25) is 0 Å². The molecule has 0 unspecified atom stereocenters. The second-order valence-electron chi connectivity index (χ2n) is 2.43. The Morgan fingerprint density at radius 2 is 2.21 bits per heavy atom. The molecular weight excluding hydrogens is 316 g/mol. The molecule has 1 N–H and O–H groups in total. The number of carbonyl (C=O) groups is 1. The summed E-state index contributed by atoms with van der Waals surface area (Å²) in [5.74, 6) is -1.43. The summed E-state index contributed by atoms with van der Waals surface area (Å²) in [6.07, 6.45) is -4.47. The standard InChI is InChI=1S/C6H4F3IN2O2/c7-6(8,9)2-12-3(5(13)14)1-4(10)11-12/h1H,2H2,(H,13,14). The van der Waals surface area contributed by atoms with Gasteiger partial charge in [0.15, 0.2) is 0 Å². The third-order valence-corrected chi connectivity index (χ3v) is 1.83. The van der Waals surface area contributed by atoms with Gasteiger partial charge >= 0.3 is 12.1 Å². The first-order chi connectivity index (χ1) is 6.29. The van der Waals surface area contributed by atoms with Crippen molar-refractivity contribution in [3.63, 3.8) is 0 Å². The smallest absolute Gasteiger partial charge is 0.408 e. The van der Waals surface area contributed by atoms with Gasteiger partial charge in [-0.1, -0.05) is 0 Å². The lowest BCUT2D eigenvalue weighted by molar-refractivity contribution is -0.142. The van der Waals surface area contributed by atoms with Crippen LogP contribution in [-0.4, -0.2) is 27.0 Å². The zero-order chi connectivity index (χ0) is 10.9. The summed E-state index contributed by atoms with van der Waals surface area (Å²) < 4.78 is 36.4. The van der Waals surface area contributed by atoms with E-state index in [-0.39, 0.29) is 3.70 Å². The van der Waals surface area contributed by atoms with E-state index in [1.165, 1.54) is 0 Å². The number of aromatic nitrogens is 2. The fourth-order valence-electron chi connectivity index (χ4n) is 0.848. The predicted molar refractivity (Wildman–Crippen MR) is 48.0 cm³/mol. The number of hydrogen-bond acceptors (Lipinski definition) is 2. The number of aromatic carboxylic acids is 1. The molecule has 1 aromatic heterocycles. The second-order valence-corrected chi connectivity index (χ2v) is 3.54. The topological polar surface area (TPSA) is 55.1 Å². The Morgan fingerprint density at radius 1 is 1.64 bits per heavy atom. The molecular formula is C6H4F3IN2O2. The van der Waals surface area contributed by atoms with Crippen LogP contribution in [0.4, 0.5) is 13.2 Å². The van der Waals surface area contributed by atoms with E-state index in [2.05, 4.69) is 5.10 Å². The van der Waals surface area contributed by atoms with Crippen LogP contribution in [0.3, 0.4) is 0 Å². The SMILES string of the molecule is O=C(O)c1cc(I)nn1CC(F)(F)F. The summed E-state index contributed by atoms with van der Waals surface area (Å²) >= 11 is 1.65. The Kier molecular flexibility index (Phi) is 3.02. The molecule has 8 heteroatoms. The quantitative estimate of drug-likeness (QED) is 0.845. The van der Waals surface area contributed by atoms with E-state index >= 15 is 0 Å². The number of nitrogens with zero attached hydrogens (tertiary/aromatic N) is 2. The van der Waals surface area contributed by atoms with Crippen molar-refractivity contribution < 1.29 is 23.1 Å². The van der Waals surface area contributed by atoms with Crippen molar-refractivity contribution in [2.75, 3.05) is 0 Å². The molecule has 0 spiro atoms. The molecule has 0 saturated heterocycles. The molecule has 1 aromatic rings. The molecule has 1 heterocycles. The van der Waals surface area contributed by atoms with Crippen molar-refractivity contribution in [1.82, 2.24) is 9.78 Å². The van der Waals surface area contributed by atoms with Crippen molar-refractivity contribution in [3.05, 3.63) is 15.5 Å². The van der Waals surface area contributed by atoms with Crippen LogP contribution in [0.1, 0.15) is 10.5 Å². The minimum atomic E-state index is -4.47. The summed E-state index contributed by atoms with van der Waals surface area (Å²) in [4.78, 5) is 10.5. The molecule has 78 valence electrons.